The molecule has 15 rings (SSSR count). The van der Waals surface area contributed by atoms with Crippen molar-refractivity contribution in [3.63, 3.8) is 0 Å². The fourth-order valence-electron chi connectivity index (χ4n) is 12.6. The van der Waals surface area contributed by atoms with E-state index in [2.05, 4.69) is 299 Å². The molecule has 0 atom stereocenters. The highest BCUT2D eigenvalue weighted by Gasteiger charge is 2.46. The van der Waals surface area contributed by atoms with Crippen molar-refractivity contribution in [3.8, 4) is 33.6 Å². The molecule has 14 aromatic rings. The van der Waals surface area contributed by atoms with Crippen molar-refractivity contribution >= 4 is 71.4 Å². The van der Waals surface area contributed by atoms with Crippen molar-refractivity contribution in [1.82, 2.24) is 9.13 Å². The molecule has 0 bridgehead atoms. The van der Waals surface area contributed by atoms with E-state index in [1.54, 1.807) is 0 Å². The Balaban J connectivity index is 1.06. The van der Waals surface area contributed by atoms with Crippen molar-refractivity contribution in [1.29, 1.82) is 0 Å². The van der Waals surface area contributed by atoms with Gasteiger partial charge in [-0.15, -0.1) is 0 Å². The van der Waals surface area contributed by atoms with Gasteiger partial charge in [0.1, 0.15) is 0 Å². The van der Waals surface area contributed by atoms with Gasteiger partial charge in [-0.05, 0) is 123 Å². The molecule has 12 aromatic carbocycles. The van der Waals surface area contributed by atoms with Gasteiger partial charge >= 0.3 is 0 Å². The quantitative estimate of drug-likeness (QED) is 0.148. The van der Waals surface area contributed by atoms with Crippen molar-refractivity contribution < 1.29 is 0 Å². The monoisotopic (exact) mass is 941 g/mol. The lowest BCUT2D eigenvalue weighted by atomic mass is 9.67. The number of para-hydroxylation sites is 5. The van der Waals surface area contributed by atoms with Gasteiger partial charge in [0, 0.05) is 55.5 Å². The van der Waals surface area contributed by atoms with E-state index < -0.39 is 5.41 Å². The van der Waals surface area contributed by atoms with Crippen LogP contribution in [0.1, 0.15) is 22.3 Å². The molecule has 3 nitrogen and oxygen atoms in total. The topological polar surface area (TPSA) is 13.1 Å². The average Bonchev–Trinajstić information content (AvgIpc) is 4.10. The maximum Gasteiger partial charge on any atom is 0.0714 e. The smallest absolute Gasteiger partial charge is 0.0714 e. The minimum absolute atomic E-state index is 0.573. The van der Waals surface area contributed by atoms with Crippen LogP contribution in [0.4, 0.5) is 17.1 Å². The fraction of sp³-hybridized carbons (Fsp3) is 0.0141. The molecule has 2 heterocycles. The van der Waals surface area contributed by atoms with Crippen LogP contribution in [0, 0.1) is 0 Å². The van der Waals surface area contributed by atoms with Gasteiger partial charge in [-0.3, -0.25) is 0 Å². The second-order valence-corrected chi connectivity index (χ2v) is 19.6. The number of hydrogen-bond acceptors (Lipinski definition) is 1. The Morgan fingerprint density at radius 1 is 0.284 bits per heavy atom. The van der Waals surface area contributed by atoms with Crippen LogP contribution in [0.5, 0.6) is 0 Å². The van der Waals surface area contributed by atoms with Crippen LogP contribution in [0.3, 0.4) is 0 Å². The van der Waals surface area contributed by atoms with Gasteiger partial charge in [-0.25, -0.2) is 0 Å². The summed E-state index contributed by atoms with van der Waals surface area (Å²) in [5.41, 5.74) is 19.3. The lowest BCUT2D eigenvalue weighted by molar-refractivity contribution is 0.768. The first-order valence-electron chi connectivity index (χ1n) is 25.6. The van der Waals surface area contributed by atoms with Crippen LogP contribution >= 0.6 is 0 Å². The minimum Gasteiger partial charge on any atom is -0.310 e. The van der Waals surface area contributed by atoms with Crippen LogP contribution in [0.2, 0.25) is 0 Å². The Morgan fingerprint density at radius 3 is 1.50 bits per heavy atom. The number of hydrogen-bond donors (Lipinski definition) is 0. The summed E-state index contributed by atoms with van der Waals surface area (Å²) in [5.74, 6) is 0. The molecule has 1 aliphatic rings. The average molecular weight is 942 g/mol. The molecule has 74 heavy (non-hydrogen) atoms. The zero-order valence-corrected chi connectivity index (χ0v) is 40.5. The predicted molar refractivity (Wildman–Crippen MR) is 310 cm³/mol. The molecule has 1 aliphatic carbocycles. The summed E-state index contributed by atoms with van der Waals surface area (Å²) in [6.07, 6.45) is 0. The standard InChI is InChI=1S/C71H47N3/c1-4-23-51(24-5-1)71(52-25-6-2-7-26-52)65-35-16-12-29-59(65)60-42-41-55(47-66(60)71)72(54-40-39-48-21-10-11-22-49(48)43-54)56-44-50(45-57(46-56)73-67-36-17-13-30-61(67)62-31-14-18-37-68(62)73)58-33-20-34-64-63-32-15-19-38-69(63)74(70(58)64)53-27-8-3-9-28-53/h1-47H. The zero-order chi connectivity index (χ0) is 48.7. The molecular formula is C71H47N3. The second-order valence-electron chi connectivity index (χ2n) is 19.6. The van der Waals surface area contributed by atoms with Gasteiger partial charge in [-0.1, -0.05) is 212 Å². The third-order valence-corrected chi connectivity index (χ3v) is 15.7. The van der Waals surface area contributed by atoms with E-state index in [-0.39, 0.29) is 0 Å². The van der Waals surface area contributed by atoms with Crippen LogP contribution < -0.4 is 4.90 Å². The summed E-state index contributed by atoms with van der Waals surface area (Å²) >= 11 is 0. The Kier molecular flexibility index (Phi) is 9.48. The maximum absolute atomic E-state index is 2.50. The molecule has 0 saturated carbocycles. The summed E-state index contributed by atoms with van der Waals surface area (Å²) in [6.45, 7) is 0. The first-order chi connectivity index (χ1) is 36.7. The molecular weight excluding hydrogens is 895 g/mol. The first-order valence-corrected chi connectivity index (χ1v) is 25.6. The molecule has 0 saturated heterocycles. The van der Waals surface area contributed by atoms with Gasteiger partial charge in [0.15, 0.2) is 0 Å². The largest absolute Gasteiger partial charge is 0.310 e. The number of aromatic nitrogens is 2. The van der Waals surface area contributed by atoms with Crippen LogP contribution in [-0.2, 0) is 5.41 Å². The Labute approximate surface area is 429 Å². The molecule has 0 unspecified atom stereocenters. The van der Waals surface area contributed by atoms with Crippen LogP contribution in [-0.4, -0.2) is 9.13 Å². The molecule has 0 fully saturated rings. The zero-order valence-electron chi connectivity index (χ0n) is 40.5. The highest BCUT2D eigenvalue weighted by molar-refractivity contribution is 6.14. The van der Waals surface area contributed by atoms with E-state index in [1.807, 2.05) is 0 Å². The van der Waals surface area contributed by atoms with Gasteiger partial charge in [0.05, 0.1) is 27.5 Å². The van der Waals surface area contributed by atoms with E-state index in [4.69, 9.17) is 0 Å². The summed E-state index contributed by atoms with van der Waals surface area (Å²) in [4.78, 5) is 2.50. The van der Waals surface area contributed by atoms with E-state index in [0.717, 1.165) is 50.6 Å². The SMILES string of the molecule is c1ccc(-n2c3ccccc3c3cccc(-c4cc(N(c5ccc6c(c5)C(c5ccccc5)(c5ccccc5)c5ccccc5-6)c5ccc6ccccc6c5)cc(-n5c6ccccc6c6ccccc65)c4)c32)cc1. The van der Waals surface area contributed by atoms with Crippen molar-refractivity contribution in [2.24, 2.45) is 0 Å². The molecule has 0 aliphatic heterocycles. The number of rotatable bonds is 8. The highest BCUT2D eigenvalue weighted by Crippen LogP contribution is 2.57. The van der Waals surface area contributed by atoms with Gasteiger partial charge < -0.3 is 14.0 Å². The normalized spacial score (nSPS) is 12.7. The van der Waals surface area contributed by atoms with Gasteiger partial charge in [-0.2, -0.15) is 0 Å². The second kappa shape index (κ2) is 16.7. The maximum atomic E-state index is 2.50. The molecule has 0 radical (unpaired) electrons. The van der Waals surface area contributed by atoms with Gasteiger partial charge in [0.25, 0.3) is 0 Å². The molecule has 346 valence electrons. The fourth-order valence-corrected chi connectivity index (χ4v) is 12.6. The summed E-state index contributed by atoms with van der Waals surface area (Å²) < 4.78 is 4.93. The minimum atomic E-state index is -0.573. The third kappa shape index (κ3) is 6.27. The predicted octanol–water partition coefficient (Wildman–Crippen LogP) is 18.5. The highest BCUT2D eigenvalue weighted by atomic mass is 15.1. The van der Waals surface area contributed by atoms with Crippen molar-refractivity contribution in [3.05, 3.63) is 307 Å². The Morgan fingerprint density at radius 2 is 0.797 bits per heavy atom. The summed E-state index contributed by atoms with van der Waals surface area (Å²) in [7, 11) is 0. The van der Waals surface area contributed by atoms with E-state index in [0.29, 0.717) is 0 Å². The lowest BCUT2D eigenvalue weighted by Gasteiger charge is -2.35. The van der Waals surface area contributed by atoms with E-state index in [9.17, 15) is 0 Å². The molecule has 0 amide bonds. The number of fused-ring (bicyclic) bond motifs is 10. The van der Waals surface area contributed by atoms with Crippen molar-refractivity contribution in [2.75, 3.05) is 4.90 Å². The van der Waals surface area contributed by atoms with Crippen molar-refractivity contribution in [2.45, 2.75) is 5.41 Å². The van der Waals surface area contributed by atoms with Crippen LogP contribution in [0.25, 0.3) is 88.0 Å². The summed E-state index contributed by atoms with van der Waals surface area (Å²) in [5, 5.41) is 7.28. The van der Waals surface area contributed by atoms with Gasteiger partial charge in [0.2, 0.25) is 0 Å². The molecule has 0 spiro atoms. The Bertz CT molecular complexity index is 4390. The van der Waals surface area contributed by atoms with Crippen LogP contribution in [0.15, 0.2) is 285 Å². The van der Waals surface area contributed by atoms with E-state index in [1.165, 1.54) is 76.7 Å². The molecule has 0 N–H and O–H groups in total. The summed E-state index contributed by atoms with van der Waals surface area (Å²) in [6, 6.07) is 106. The lowest BCUT2D eigenvalue weighted by Crippen LogP contribution is -2.28. The molecule has 2 aromatic heterocycles. The molecule has 3 heteroatoms. The first kappa shape index (κ1) is 42.0. The number of benzene rings is 12. The third-order valence-electron chi connectivity index (χ3n) is 15.7. The number of anilines is 3. The van der Waals surface area contributed by atoms with E-state index >= 15 is 0 Å². The number of nitrogens with zero attached hydrogens (tertiary/aromatic N) is 3. The Hall–Kier alpha value is -9.70.